The van der Waals surface area contributed by atoms with E-state index in [0.29, 0.717) is 51.7 Å². The van der Waals surface area contributed by atoms with Gasteiger partial charge in [0, 0.05) is 6.54 Å². The van der Waals surface area contributed by atoms with Crippen LogP contribution in [0.5, 0.6) is 0 Å². The Morgan fingerprint density at radius 1 is 0.390 bits per heavy atom. The fourth-order valence-corrected chi connectivity index (χ4v) is 7.73. The lowest BCUT2D eigenvalue weighted by molar-refractivity contribution is -0.0961. The van der Waals surface area contributed by atoms with Crippen LogP contribution in [-0.4, -0.2) is 83.8 Å². The third-order valence-electron chi connectivity index (χ3n) is 11.7. The SMILES string of the molecule is CCCCCC(CCCCC)CCOC(=O)OCCCCCCCCC(CCCCCCCCOC(=O)OCCC(CCCCC)CCCCC)OCOCCN(C)C. The Labute approximate surface area is 365 Å². The van der Waals surface area contributed by atoms with E-state index >= 15 is 0 Å². The summed E-state index contributed by atoms with van der Waals surface area (Å²) in [7, 11) is 4.11. The molecule has 0 aliphatic heterocycles. The lowest BCUT2D eigenvalue weighted by Crippen LogP contribution is -2.21. The number of rotatable bonds is 46. The third-order valence-corrected chi connectivity index (χ3v) is 11.7. The van der Waals surface area contributed by atoms with Crippen molar-refractivity contribution in [2.75, 3.05) is 60.5 Å². The van der Waals surface area contributed by atoms with Crippen LogP contribution in [0.15, 0.2) is 0 Å². The largest absolute Gasteiger partial charge is 0.508 e. The molecule has 0 saturated heterocycles. The number of carbonyl (C=O) groups excluding carboxylic acids is 2. The quantitative estimate of drug-likeness (QED) is 0.0337. The molecule has 0 unspecified atom stereocenters. The Kier molecular flexibility index (Phi) is 44.7. The second-order valence-electron chi connectivity index (χ2n) is 17.6. The summed E-state index contributed by atoms with van der Waals surface area (Å²) in [6.07, 6.45) is 36.8. The molecule has 0 aromatic carbocycles. The first kappa shape index (κ1) is 57.4. The van der Waals surface area contributed by atoms with Crippen molar-refractivity contribution in [1.82, 2.24) is 4.90 Å². The molecule has 0 aromatic rings. The van der Waals surface area contributed by atoms with Crippen molar-refractivity contribution < 1.29 is 38.0 Å². The molecule has 0 radical (unpaired) electrons. The topological polar surface area (TPSA) is 92.8 Å². The van der Waals surface area contributed by atoms with Crippen molar-refractivity contribution in [3.8, 4) is 0 Å². The zero-order chi connectivity index (χ0) is 43.3. The van der Waals surface area contributed by atoms with Gasteiger partial charge in [-0.05, 0) is 64.5 Å². The highest BCUT2D eigenvalue weighted by molar-refractivity contribution is 5.60. The van der Waals surface area contributed by atoms with Crippen molar-refractivity contribution in [2.24, 2.45) is 11.8 Å². The maximum atomic E-state index is 12.1. The predicted octanol–water partition coefficient (Wildman–Crippen LogP) is 15.0. The molecule has 59 heavy (non-hydrogen) atoms. The maximum absolute atomic E-state index is 12.1. The molecule has 0 aliphatic carbocycles. The van der Waals surface area contributed by atoms with Crippen LogP contribution in [0.4, 0.5) is 9.59 Å². The van der Waals surface area contributed by atoms with Gasteiger partial charge in [0.05, 0.1) is 39.1 Å². The third kappa shape index (κ3) is 42.9. The Balaban J connectivity index is 4.12. The summed E-state index contributed by atoms with van der Waals surface area (Å²) in [6.45, 7) is 12.8. The van der Waals surface area contributed by atoms with Gasteiger partial charge in [0.1, 0.15) is 6.79 Å². The molecule has 0 rings (SSSR count). The number of hydrogen-bond acceptors (Lipinski definition) is 9. The van der Waals surface area contributed by atoms with Crippen LogP contribution in [-0.2, 0) is 28.4 Å². The standard InChI is InChI=1S/C50H99NO8/c1-7-11-23-31-46(32-24-12-8-2)37-42-57-49(52)55-40-29-21-17-15-19-27-35-48(59-45-54-44-39-51(5)6)36-28-20-16-18-22-30-41-56-50(53)58-43-38-47(33-25-13-9-3)34-26-14-10-4/h46-48H,7-45H2,1-6H3. The molecule has 0 aromatic heterocycles. The van der Waals surface area contributed by atoms with E-state index < -0.39 is 12.3 Å². The van der Waals surface area contributed by atoms with Crippen LogP contribution in [0.3, 0.4) is 0 Å². The van der Waals surface area contributed by atoms with Gasteiger partial charge in [0.2, 0.25) is 0 Å². The molecule has 0 spiro atoms. The molecule has 9 heteroatoms. The number of likely N-dealkylation sites (N-methyl/N-ethyl adjacent to an activating group) is 1. The molecule has 0 amide bonds. The van der Waals surface area contributed by atoms with Crippen molar-refractivity contribution in [2.45, 2.75) is 239 Å². The van der Waals surface area contributed by atoms with Gasteiger partial charge < -0.3 is 33.3 Å². The summed E-state index contributed by atoms with van der Waals surface area (Å²) in [5.41, 5.74) is 0. The summed E-state index contributed by atoms with van der Waals surface area (Å²) < 4.78 is 33.5. The zero-order valence-corrected chi connectivity index (χ0v) is 40.0. The average molecular weight is 842 g/mol. The molecule has 0 bridgehead atoms. The first-order chi connectivity index (χ1) is 28.9. The summed E-state index contributed by atoms with van der Waals surface area (Å²) >= 11 is 0. The zero-order valence-electron chi connectivity index (χ0n) is 40.0. The fraction of sp³-hybridized carbons (Fsp3) is 0.960. The van der Waals surface area contributed by atoms with Gasteiger partial charge in [-0.15, -0.1) is 0 Å². The molecule has 0 atom stereocenters. The predicted molar refractivity (Wildman–Crippen MR) is 246 cm³/mol. The first-order valence-electron chi connectivity index (χ1n) is 25.3. The Morgan fingerprint density at radius 3 is 1.10 bits per heavy atom. The number of nitrogens with zero attached hydrogens (tertiary/aromatic N) is 1. The average Bonchev–Trinajstić information content (AvgIpc) is 3.21. The van der Waals surface area contributed by atoms with E-state index in [4.69, 9.17) is 28.4 Å². The number of hydrogen-bond donors (Lipinski definition) is 0. The summed E-state index contributed by atoms with van der Waals surface area (Å²) in [6, 6.07) is 0. The molecule has 9 nitrogen and oxygen atoms in total. The second kappa shape index (κ2) is 45.9. The Hall–Kier alpha value is -1.58. The molecule has 352 valence electrons. The Morgan fingerprint density at radius 2 is 0.729 bits per heavy atom. The highest BCUT2D eigenvalue weighted by Gasteiger charge is 2.13. The van der Waals surface area contributed by atoms with E-state index in [9.17, 15) is 9.59 Å². The van der Waals surface area contributed by atoms with Crippen LogP contribution in [0, 0.1) is 11.8 Å². The van der Waals surface area contributed by atoms with E-state index in [1.54, 1.807) is 0 Å². The van der Waals surface area contributed by atoms with Crippen molar-refractivity contribution in [3.05, 3.63) is 0 Å². The number of ether oxygens (including phenoxy) is 6. The van der Waals surface area contributed by atoms with E-state index in [1.807, 2.05) is 0 Å². The van der Waals surface area contributed by atoms with Gasteiger partial charge in [0.15, 0.2) is 0 Å². The number of unbranched alkanes of at least 4 members (excludes halogenated alkanes) is 18. The van der Waals surface area contributed by atoms with Crippen LogP contribution >= 0.6 is 0 Å². The van der Waals surface area contributed by atoms with E-state index in [0.717, 1.165) is 83.6 Å². The van der Waals surface area contributed by atoms with E-state index in [2.05, 4.69) is 46.7 Å². The van der Waals surface area contributed by atoms with Gasteiger partial charge >= 0.3 is 12.3 Å². The molecule has 0 N–H and O–H groups in total. The van der Waals surface area contributed by atoms with Gasteiger partial charge in [0.25, 0.3) is 0 Å². The maximum Gasteiger partial charge on any atom is 0.508 e. The normalized spacial score (nSPS) is 11.7. The second-order valence-corrected chi connectivity index (χ2v) is 17.6. The van der Waals surface area contributed by atoms with Gasteiger partial charge in [-0.3, -0.25) is 0 Å². The van der Waals surface area contributed by atoms with Gasteiger partial charge in [-0.25, -0.2) is 9.59 Å². The highest BCUT2D eigenvalue weighted by Crippen LogP contribution is 2.23. The highest BCUT2D eigenvalue weighted by atomic mass is 16.7. The minimum absolute atomic E-state index is 0.235. The molecular weight excluding hydrogens is 743 g/mol. The minimum Gasteiger partial charge on any atom is -0.434 e. The smallest absolute Gasteiger partial charge is 0.434 e. The van der Waals surface area contributed by atoms with Crippen LogP contribution in [0.1, 0.15) is 233 Å². The summed E-state index contributed by atoms with van der Waals surface area (Å²) in [4.78, 5) is 26.4. The molecular formula is C50H99NO8. The molecule has 0 aliphatic rings. The van der Waals surface area contributed by atoms with Crippen LogP contribution in [0.25, 0.3) is 0 Å². The first-order valence-corrected chi connectivity index (χ1v) is 25.3. The molecule has 0 saturated carbocycles. The monoisotopic (exact) mass is 842 g/mol. The van der Waals surface area contributed by atoms with E-state index in [-0.39, 0.29) is 6.10 Å². The van der Waals surface area contributed by atoms with Crippen LogP contribution < -0.4 is 0 Å². The fourth-order valence-electron chi connectivity index (χ4n) is 7.73. The van der Waals surface area contributed by atoms with Crippen molar-refractivity contribution in [3.63, 3.8) is 0 Å². The van der Waals surface area contributed by atoms with Crippen molar-refractivity contribution >= 4 is 12.3 Å². The van der Waals surface area contributed by atoms with Crippen LogP contribution in [0.2, 0.25) is 0 Å². The molecule has 0 heterocycles. The lowest BCUT2D eigenvalue weighted by Gasteiger charge is -2.18. The van der Waals surface area contributed by atoms with Crippen molar-refractivity contribution in [1.29, 1.82) is 0 Å². The van der Waals surface area contributed by atoms with E-state index in [1.165, 1.54) is 128 Å². The number of carbonyl (C=O) groups is 2. The summed E-state index contributed by atoms with van der Waals surface area (Å²) in [5, 5.41) is 0. The summed E-state index contributed by atoms with van der Waals surface area (Å²) in [5.74, 6) is 1.32. The Bertz CT molecular complexity index is 794. The van der Waals surface area contributed by atoms with Gasteiger partial charge in [-0.2, -0.15) is 0 Å². The van der Waals surface area contributed by atoms with Gasteiger partial charge in [-0.1, -0.05) is 195 Å². The molecule has 0 fully saturated rings. The minimum atomic E-state index is -0.504. The lowest BCUT2D eigenvalue weighted by atomic mass is 9.92.